The monoisotopic (exact) mass is 1990 g/mol. The first-order valence-corrected chi connectivity index (χ1v) is 57.6. The number of aliphatic hydroxyl groups is 8. The van der Waals surface area contributed by atoms with Crippen LogP contribution in [0.15, 0.2) is 11.6 Å². The van der Waals surface area contributed by atoms with Gasteiger partial charge in [0.2, 0.25) is 23.6 Å². The third-order valence-electron chi connectivity index (χ3n) is 31.7. The lowest BCUT2D eigenvalue weighted by atomic mass is 9.47. The maximum atomic E-state index is 14.3. The zero-order chi connectivity index (χ0) is 98.4. The summed E-state index contributed by atoms with van der Waals surface area (Å²) in [6.07, 6.45) is 37.7. The molecule has 4 heterocycles. The number of aliphatic hydroxyl groups excluding tert-OH is 8. The first-order chi connectivity index (χ1) is 65.4. The van der Waals surface area contributed by atoms with Gasteiger partial charge in [-0.3, -0.25) is 24.0 Å². The first-order valence-electron chi connectivity index (χ1n) is 53.9. The molecule has 0 aromatic heterocycles. The molecule has 0 bridgehead atoms. The number of alkyl carbamates (subject to hydrolysis) is 1. The SMILES string of the molecule is CC(C)CCC[C@@H](C)[C@H]1CCC2C3CC=C4CC(OC(=O)NCCCCCC(=O)N5C[C@H](O[P+](=O)OC[C@@H]6C[C@@H](O)CN6C(=O)CCCCCCC(=O)[C@H](CCCCNC(=O)CCCCOC6OC(CO)C(O)C(O)C6C)NC(=O)CCCCOC6OC(CO)C(O)C(O)C6C)C[C@H]5COP(O)(=S)OCCCCCCCCCCCCCCCCCCCCCCO)CC[C@]4(C)C3CC[C@@]21C. The van der Waals surface area contributed by atoms with Crippen LogP contribution < -0.4 is 16.0 Å². The van der Waals surface area contributed by atoms with Crippen molar-refractivity contribution in [2.45, 2.75) is 468 Å². The molecule has 4 aliphatic heterocycles. The van der Waals surface area contributed by atoms with Gasteiger partial charge < -0.3 is 104 Å². The number of β-amino-alcohol motifs (C(OH)–C–C–N with tert-alkyl or cyclic N) is 1. The summed E-state index contributed by atoms with van der Waals surface area (Å²) in [5.74, 6) is 2.42. The smallest absolute Gasteiger partial charge is 0.446 e. The Kier molecular flexibility index (Phi) is 55.3. The number of unbranched alkanes of at least 4 members (excludes halogenated alkanes) is 27. The van der Waals surface area contributed by atoms with E-state index in [9.17, 15) is 74.0 Å². The van der Waals surface area contributed by atoms with Gasteiger partial charge >= 0.3 is 21.1 Å². The van der Waals surface area contributed by atoms with Crippen molar-refractivity contribution in [3.63, 3.8) is 0 Å². The van der Waals surface area contributed by atoms with Crippen LogP contribution in [0.1, 0.15) is 382 Å². The van der Waals surface area contributed by atoms with Gasteiger partial charge in [0.05, 0.1) is 69.4 Å². The van der Waals surface area contributed by atoms with Crippen LogP contribution in [0.2, 0.25) is 0 Å². The van der Waals surface area contributed by atoms with Crippen molar-refractivity contribution in [2.24, 2.45) is 58.2 Å². The largest absolute Gasteiger partial charge is 0.697 e. The van der Waals surface area contributed by atoms with Crippen LogP contribution >= 0.6 is 15.0 Å². The second-order valence-corrected chi connectivity index (χ2v) is 46.3. The number of carbonyl (C=O) groups excluding carboxylic acids is 6. The Labute approximate surface area is 821 Å². The fraction of sp³-hybridized carbons (Fsp3) is 0.922. The maximum Gasteiger partial charge on any atom is 0.697 e. The molecule has 0 spiro atoms. The Bertz CT molecular complexity index is 3520. The van der Waals surface area contributed by atoms with Crippen molar-refractivity contribution < 1.29 is 121 Å². The second-order valence-electron chi connectivity index (χ2n) is 42.6. The van der Waals surface area contributed by atoms with E-state index in [2.05, 4.69) is 56.6 Å². The summed E-state index contributed by atoms with van der Waals surface area (Å²) >= 11 is 5.51. The highest BCUT2D eigenvalue weighted by Crippen LogP contribution is 2.68. The highest BCUT2D eigenvalue weighted by atomic mass is 32.5. The van der Waals surface area contributed by atoms with E-state index in [0.717, 1.165) is 87.4 Å². The molecule has 0 aromatic rings. The quantitative estimate of drug-likeness (QED) is 0.0153. The molecule has 3 saturated carbocycles. The van der Waals surface area contributed by atoms with Crippen molar-refractivity contribution in [1.82, 2.24) is 25.8 Å². The van der Waals surface area contributed by atoms with Crippen LogP contribution in [-0.2, 0) is 82.1 Å². The molecule has 4 aliphatic carbocycles. The molecule has 8 aliphatic rings. The minimum atomic E-state index is -3.72. The van der Waals surface area contributed by atoms with Gasteiger partial charge in [-0.05, 0) is 193 Å². The Morgan fingerprint density at radius 2 is 1.05 bits per heavy atom. The lowest BCUT2D eigenvalue weighted by molar-refractivity contribution is -0.282. The Morgan fingerprint density at radius 3 is 1.63 bits per heavy atom. The average Bonchev–Trinajstić information content (AvgIpc) is 1.48. The molecule has 4 saturated heterocycles. The number of nitrogens with zero attached hydrogens (tertiary/aromatic N) is 2. The Morgan fingerprint density at radius 1 is 0.537 bits per heavy atom. The van der Waals surface area contributed by atoms with E-state index < -0.39 is 126 Å². The van der Waals surface area contributed by atoms with E-state index in [0.29, 0.717) is 127 Å². The van der Waals surface area contributed by atoms with Crippen molar-refractivity contribution in [3.8, 4) is 0 Å². The van der Waals surface area contributed by atoms with Crippen LogP contribution in [0.4, 0.5) is 4.79 Å². The predicted molar refractivity (Wildman–Crippen MR) is 527 cm³/mol. The van der Waals surface area contributed by atoms with Crippen LogP contribution in [0.5, 0.6) is 0 Å². The minimum absolute atomic E-state index is 0.0619. The van der Waals surface area contributed by atoms with Gasteiger partial charge in [-0.2, -0.15) is 0 Å². The molecule has 786 valence electrons. The third-order valence-corrected chi connectivity index (χ3v) is 34.1. The number of likely N-dealkylation sites (tertiary alicyclic amines) is 2. The standard InChI is InChI=1S/C103H183N5O25P2S/c1-73(2)42-41-43-74(3)84-52-53-85-83-51-50-77-64-81(54-56-102(77,6)86(83)55-57-103(84,85)7)130-101(122)105-59-35-28-31-49-94(117)108-68-82(66-79(108)72-129-135(124,136)128-63-38-27-23-21-19-17-15-13-11-9-8-10-12-14-16-18-20-22-26-37-60-109)133-134(123)127-71-78-65-80(112)67-107(78)93(116)48-30-25-24-29-45-88(113)87(106-92(115)47-34-40-62-126-100-76(5)96(119)98(121)90(70-111)132-100)44-32-36-58-104-91(114)46-33-39-61-125-99-75(4)95(118)97(120)89(69-110)131-99/h50,73-76,78-87,89-90,95-100,109-112,118-121H,8-49,51-72H2,1-7H3,(H3-,104,105,106,114,115,122,124,136)/p+1/t74-,75?,76?,78+,79+,80-,81?,82-,83?,84-,85?,86?,87+,89?,90?,95?,96?,97?,98?,99?,100?,102+,103-,135?/m1/s1. The van der Waals surface area contributed by atoms with E-state index in [4.69, 9.17) is 58.7 Å². The van der Waals surface area contributed by atoms with E-state index in [1.807, 2.05) is 0 Å². The molecule has 33 heteroatoms. The number of hydrogen-bond acceptors (Lipinski definition) is 25. The lowest BCUT2D eigenvalue weighted by Gasteiger charge is -2.58. The van der Waals surface area contributed by atoms with E-state index >= 15 is 0 Å². The summed E-state index contributed by atoms with van der Waals surface area (Å²) in [5.41, 5.74) is 2.06. The van der Waals surface area contributed by atoms with Crippen molar-refractivity contribution in [3.05, 3.63) is 11.6 Å². The number of ether oxygens (including phenoxy) is 5. The summed E-state index contributed by atoms with van der Waals surface area (Å²) in [5, 5.41) is 89.0. The lowest BCUT2D eigenvalue weighted by Crippen LogP contribution is -2.55. The summed E-state index contributed by atoms with van der Waals surface area (Å²) in [6, 6.07) is -1.99. The maximum absolute atomic E-state index is 14.3. The van der Waals surface area contributed by atoms with Crippen LogP contribution in [0.25, 0.3) is 0 Å². The van der Waals surface area contributed by atoms with Gasteiger partial charge in [0.15, 0.2) is 18.4 Å². The number of fused-ring (bicyclic) bond motifs is 5. The number of amides is 5. The molecule has 16 unspecified atom stereocenters. The highest BCUT2D eigenvalue weighted by molar-refractivity contribution is 8.07. The Balaban J connectivity index is 0.744. The van der Waals surface area contributed by atoms with Crippen LogP contribution in [0, 0.1) is 58.2 Å². The molecule has 12 N–H and O–H groups in total. The number of carbonyl (C=O) groups is 6. The molecule has 0 radical (unpaired) electrons. The average molecular weight is 1990 g/mol. The van der Waals surface area contributed by atoms with Gasteiger partial charge in [0, 0.05) is 101 Å². The minimum Gasteiger partial charge on any atom is -0.446 e. The summed E-state index contributed by atoms with van der Waals surface area (Å²) < 4.78 is 66.4. The van der Waals surface area contributed by atoms with Crippen molar-refractivity contribution >= 4 is 62.3 Å². The zero-order valence-electron chi connectivity index (χ0n) is 84.3. The number of ketones is 1. The fourth-order valence-electron chi connectivity index (χ4n) is 23.3. The van der Waals surface area contributed by atoms with Gasteiger partial charge in [-0.1, -0.05) is 214 Å². The molecule has 136 heavy (non-hydrogen) atoms. The number of Topliss-reactive ketones (excluding diaryl/α,β-unsaturated/α-hetero) is 1. The van der Waals surface area contributed by atoms with Gasteiger partial charge in [0.25, 0.3) is 0 Å². The molecule has 25 atom stereocenters. The molecule has 5 amide bonds. The molecule has 30 nitrogen and oxygen atoms in total. The van der Waals surface area contributed by atoms with Crippen LogP contribution in [-0.4, -0.2) is 256 Å². The topological polar surface area (TPSA) is 427 Å². The second kappa shape index (κ2) is 63.8. The summed E-state index contributed by atoms with van der Waals surface area (Å²) in [4.78, 5) is 96.1. The van der Waals surface area contributed by atoms with Gasteiger partial charge in [-0.15, -0.1) is 9.05 Å². The molecular formula is C103H184N5O25P2S+. The molecular weight excluding hydrogens is 1800 g/mol. The van der Waals surface area contributed by atoms with E-state index in [1.165, 1.54) is 140 Å². The number of hydrogen-bond donors (Lipinski definition) is 12. The van der Waals surface area contributed by atoms with Crippen molar-refractivity contribution in [1.29, 1.82) is 0 Å². The molecule has 7 fully saturated rings. The fourth-order valence-corrected chi connectivity index (χ4v) is 25.3. The molecule has 0 aromatic carbocycles. The van der Waals surface area contributed by atoms with Gasteiger partial charge in [0.1, 0.15) is 43.2 Å². The number of allylic oxidation sites excluding steroid dienone is 1. The van der Waals surface area contributed by atoms with Crippen molar-refractivity contribution in [2.75, 3.05) is 79.0 Å². The Hall–Kier alpha value is -3.37. The summed E-state index contributed by atoms with van der Waals surface area (Å²) in [7, 11) is -2.79. The predicted octanol–water partition coefficient (Wildman–Crippen LogP) is 16.6. The van der Waals surface area contributed by atoms with Gasteiger partial charge in [-0.25, -0.2) is 4.79 Å². The van der Waals surface area contributed by atoms with E-state index in [1.54, 1.807) is 23.6 Å². The van der Waals surface area contributed by atoms with E-state index in [-0.39, 0.29) is 132 Å². The zero-order valence-corrected chi connectivity index (χ0v) is 86.9. The number of nitrogens with one attached hydrogen (secondary N) is 3. The first kappa shape index (κ1) is 118. The normalized spacial score (nSPS) is 29.9. The number of rotatable bonds is 71. The summed E-state index contributed by atoms with van der Waals surface area (Å²) in [6.45, 7) is 12.6. The van der Waals surface area contributed by atoms with Crippen LogP contribution in [0.3, 0.4) is 0 Å². The third kappa shape index (κ3) is 39.9. The highest BCUT2D eigenvalue weighted by Gasteiger charge is 2.60. The molecule has 8 rings (SSSR count).